The van der Waals surface area contributed by atoms with Crippen molar-refractivity contribution < 1.29 is 18.0 Å². The molecular formula is C15H18F3N3OS. The number of imidazole rings is 1. The van der Waals surface area contributed by atoms with Gasteiger partial charge >= 0.3 is 6.18 Å². The van der Waals surface area contributed by atoms with Gasteiger partial charge in [-0.2, -0.15) is 13.2 Å². The number of aromatic nitrogens is 3. The molecule has 0 aliphatic rings. The van der Waals surface area contributed by atoms with E-state index < -0.39 is 12.7 Å². The van der Waals surface area contributed by atoms with Gasteiger partial charge in [0.15, 0.2) is 10.9 Å². The largest absolute Gasteiger partial charge is 0.406 e. The smallest absolute Gasteiger partial charge is 0.339 e. The maximum Gasteiger partial charge on any atom is 0.406 e. The molecule has 126 valence electrons. The normalized spacial score (nSPS) is 11.9. The van der Waals surface area contributed by atoms with Crippen molar-refractivity contribution >= 4 is 17.5 Å². The number of rotatable bonds is 6. The third-order valence-corrected chi connectivity index (χ3v) is 4.57. The van der Waals surface area contributed by atoms with Gasteiger partial charge in [0.25, 0.3) is 0 Å². The standard InChI is InChI=1S/C15H18F3N3OS/c1-4-20-6-5-19-14(20)23-8-13(22)12-7-10(2)21(11(12)3)9-15(16,17)18/h5-7H,4,8-9H2,1-3H3. The fourth-order valence-corrected chi connectivity index (χ4v) is 3.30. The molecule has 23 heavy (non-hydrogen) atoms. The van der Waals surface area contributed by atoms with Crippen molar-refractivity contribution in [1.82, 2.24) is 14.1 Å². The van der Waals surface area contributed by atoms with Crippen LogP contribution < -0.4 is 0 Å². The van der Waals surface area contributed by atoms with Gasteiger partial charge in [0, 0.05) is 35.9 Å². The summed E-state index contributed by atoms with van der Waals surface area (Å²) >= 11 is 1.29. The lowest BCUT2D eigenvalue weighted by Gasteiger charge is -2.12. The number of nitrogens with zero attached hydrogens (tertiary/aromatic N) is 3. The molecule has 2 heterocycles. The molecule has 0 spiro atoms. The van der Waals surface area contributed by atoms with Crippen LogP contribution in [0.2, 0.25) is 0 Å². The first kappa shape index (κ1) is 17.7. The van der Waals surface area contributed by atoms with Crippen LogP contribution in [0.15, 0.2) is 23.6 Å². The van der Waals surface area contributed by atoms with Crippen molar-refractivity contribution in [2.24, 2.45) is 0 Å². The number of hydrogen-bond acceptors (Lipinski definition) is 3. The van der Waals surface area contributed by atoms with E-state index in [-0.39, 0.29) is 11.5 Å². The summed E-state index contributed by atoms with van der Waals surface area (Å²) in [5.74, 6) is -0.0463. The Labute approximate surface area is 136 Å². The van der Waals surface area contributed by atoms with Gasteiger partial charge in [0.05, 0.1) is 5.75 Å². The van der Waals surface area contributed by atoms with E-state index in [1.807, 2.05) is 17.7 Å². The van der Waals surface area contributed by atoms with Crippen LogP contribution in [-0.4, -0.2) is 31.8 Å². The minimum atomic E-state index is -4.31. The second-order valence-corrected chi connectivity index (χ2v) is 6.14. The van der Waals surface area contributed by atoms with Gasteiger partial charge in [-0.25, -0.2) is 4.98 Å². The second-order valence-electron chi connectivity index (χ2n) is 5.19. The van der Waals surface area contributed by atoms with Crippen LogP contribution in [0.1, 0.15) is 28.7 Å². The predicted octanol–water partition coefficient (Wildman–Crippen LogP) is 3.86. The second kappa shape index (κ2) is 6.82. The summed E-state index contributed by atoms with van der Waals surface area (Å²) < 4.78 is 40.9. The van der Waals surface area contributed by atoms with Crippen molar-refractivity contribution in [3.8, 4) is 0 Å². The number of carbonyl (C=O) groups excluding carboxylic acids is 1. The highest BCUT2D eigenvalue weighted by atomic mass is 32.2. The summed E-state index contributed by atoms with van der Waals surface area (Å²) in [4.78, 5) is 16.5. The highest BCUT2D eigenvalue weighted by Gasteiger charge is 2.30. The molecule has 8 heteroatoms. The van der Waals surface area contributed by atoms with Gasteiger partial charge in [-0.3, -0.25) is 4.79 Å². The van der Waals surface area contributed by atoms with Crippen LogP contribution in [0.25, 0.3) is 0 Å². The number of halogens is 3. The predicted molar refractivity (Wildman–Crippen MR) is 82.9 cm³/mol. The molecule has 0 radical (unpaired) electrons. The molecule has 0 amide bonds. The Hall–Kier alpha value is -1.70. The number of Topliss-reactive ketones (excluding diaryl/α,β-unsaturated/α-hetero) is 1. The third kappa shape index (κ3) is 4.19. The van der Waals surface area contributed by atoms with E-state index in [4.69, 9.17) is 0 Å². The molecule has 2 aromatic rings. The Morgan fingerprint density at radius 1 is 1.35 bits per heavy atom. The highest BCUT2D eigenvalue weighted by molar-refractivity contribution is 7.99. The van der Waals surface area contributed by atoms with Crippen LogP contribution in [-0.2, 0) is 13.1 Å². The number of carbonyl (C=O) groups is 1. The maximum absolute atomic E-state index is 12.6. The lowest BCUT2D eigenvalue weighted by atomic mass is 10.2. The zero-order valence-electron chi connectivity index (χ0n) is 13.1. The first-order valence-electron chi connectivity index (χ1n) is 7.13. The summed E-state index contributed by atoms with van der Waals surface area (Å²) in [6.45, 7) is 4.76. The Bertz CT molecular complexity index is 703. The van der Waals surface area contributed by atoms with E-state index in [1.165, 1.54) is 17.8 Å². The fraction of sp³-hybridized carbons (Fsp3) is 0.467. The monoisotopic (exact) mass is 345 g/mol. The van der Waals surface area contributed by atoms with Gasteiger partial charge in [-0.05, 0) is 26.8 Å². The van der Waals surface area contributed by atoms with Gasteiger partial charge in [0.2, 0.25) is 0 Å². The molecule has 2 aromatic heterocycles. The van der Waals surface area contributed by atoms with Gasteiger partial charge in [-0.1, -0.05) is 11.8 Å². The number of hydrogen-bond donors (Lipinski definition) is 0. The molecule has 0 atom stereocenters. The summed E-state index contributed by atoms with van der Waals surface area (Å²) in [5, 5.41) is 0.727. The minimum absolute atomic E-state index is 0.146. The first-order chi connectivity index (χ1) is 10.7. The molecule has 0 aromatic carbocycles. The number of thioether (sulfide) groups is 1. The van der Waals surface area contributed by atoms with Crippen molar-refractivity contribution in [2.45, 2.75) is 45.2 Å². The van der Waals surface area contributed by atoms with E-state index >= 15 is 0 Å². The number of alkyl halides is 3. The van der Waals surface area contributed by atoms with Gasteiger partial charge in [-0.15, -0.1) is 0 Å². The number of ketones is 1. The molecule has 0 bridgehead atoms. The SMILES string of the molecule is CCn1ccnc1SCC(=O)c1cc(C)n(CC(F)(F)F)c1C. The van der Waals surface area contributed by atoms with E-state index in [2.05, 4.69) is 4.98 Å². The Balaban J connectivity index is 2.12. The summed E-state index contributed by atoms with van der Waals surface area (Å²) in [6, 6.07) is 1.52. The summed E-state index contributed by atoms with van der Waals surface area (Å²) in [5.41, 5.74) is 1.13. The molecule has 2 rings (SSSR count). The first-order valence-corrected chi connectivity index (χ1v) is 8.12. The Kier molecular flexibility index (Phi) is 5.23. The number of aryl methyl sites for hydroxylation is 2. The van der Waals surface area contributed by atoms with Crippen molar-refractivity contribution in [1.29, 1.82) is 0 Å². The summed E-state index contributed by atoms with van der Waals surface area (Å²) in [7, 11) is 0. The zero-order valence-corrected chi connectivity index (χ0v) is 14.0. The lowest BCUT2D eigenvalue weighted by molar-refractivity contribution is -0.141. The quantitative estimate of drug-likeness (QED) is 0.590. The molecule has 0 saturated heterocycles. The molecule has 0 aliphatic heterocycles. The van der Waals surface area contributed by atoms with Crippen LogP contribution in [0.3, 0.4) is 0 Å². The molecule has 0 saturated carbocycles. The molecule has 0 N–H and O–H groups in total. The molecule has 4 nitrogen and oxygen atoms in total. The maximum atomic E-state index is 12.6. The van der Waals surface area contributed by atoms with E-state index in [1.54, 1.807) is 20.0 Å². The molecule has 0 aliphatic carbocycles. The fourth-order valence-electron chi connectivity index (χ4n) is 2.39. The topological polar surface area (TPSA) is 39.8 Å². The van der Waals surface area contributed by atoms with E-state index in [0.717, 1.165) is 16.3 Å². The van der Waals surface area contributed by atoms with E-state index in [0.29, 0.717) is 17.0 Å². The molecule has 0 unspecified atom stereocenters. The summed E-state index contributed by atoms with van der Waals surface area (Å²) in [6.07, 6.45) is -0.830. The van der Waals surface area contributed by atoms with Gasteiger partial charge < -0.3 is 9.13 Å². The lowest BCUT2D eigenvalue weighted by Crippen LogP contribution is -2.19. The van der Waals surface area contributed by atoms with Gasteiger partial charge in [0.1, 0.15) is 6.54 Å². The van der Waals surface area contributed by atoms with Crippen molar-refractivity contribution in [3.05, 3.63) is 35.4 Å². The Morgan fingerprint density at radius 3 is 2.65 bits per heavy atom. The van der Waals surface area contributed by atoms with E-state index in [9.17, 15) is 18.0 Å². The zero-order chi connectivity index (χ0) is 17.2. The average molecular weight is 345 g/mol. The molecule has 0 fully saturated rings. The highest BCUT2D eigenvalue weighted by Crippen LogP contribution is 2.25. The van der Waals surface area contributed by atoms with Crippen LogP contribution in [0.4, 0.5) is 13.2 Å². The third-order valence-electron chi connectivity index (χ3n) is 3.56. The minimum Gasteiger partial charge on any atom is -0.339 e. The van der Waals surface area contributed by atoms with Crippen LogP contribution in [0.5, 0.6) is 0 Å². The molecular weight excluding hydrogens is 327 g/mol. The van der Waals surface area contributed by atoms with Crippen molar-refractivity contribution in [3.63, 3.8) is 0 Å². The van der Waals surface area contributed by atoms with Crippen LogP contribution in [0, 0.1) is 13.8 Å². The average Bonchev–Trinajstić information content (AvgIpc) is 3.02. The van der Waals surface area contributed by atoms with Crippen LogP contribution >= 0.6 is 11.8 Å². The Morgan fingerprint density at radius 2 is 2.04 bits per heavy atom. The van der Waals surface area contributed by atoms with Crippen molar-refractivity contribution in [2.75, 3.05) is 5.75 Å².